The number of amides is 1. The smallest absolute Gasteiger partial charge is 0.298 e. The summed E-state index contributed by atoms with van der Waals surface area (Å²) in [6, 6.07) is 5.19. The Kier molecular flexibility index (Phi) is 3.16. The van der Waals surface area contributed by atoms with E-state index in [-0.39, 0.29) is 0 Å². The van der Waals surface area contributed by atoms with Gasteiger partial charge in [-0.05, 0) is 28.1 Å². The number of ketones is 1. The Balaban J connectivity index is 2.04. The number of carbonyl (C=O) groups is 2. The van der Waals surface area contributed by atoms with Crippen molar-refractivity contribution < 1.29 is 9.59 Å². The quantitative estimate of drug-likeness (QED) is 0.775. The molecule has 19 heavy (non-hydrogen) atoms. The van der Waals surface area contributed by atoms with Gasteiger partial charge in [-0.2, -0.15) is 0 Å². The predicted octanol–water partition coefficient (Wildman–Crippen LogP) is 3.29. The van der Waals surface area contributed by atoms with Crippen molar-refractivity contribution in [1.82, 2.24) is 4.98 Å². The molecule has 96 valence electrons. The molecule has 0 saturated carbocycles. The van der Waals surface area contributed by atoms with Gasteiger partial charge in [-0.1, -0.05) is 17.7 Å². The van der Waals surface area contributed by atoms with Gasteiger partial charge in [-0.15, -0.1) is 11.3 Å². The molecular weight excluding hydrogens is 352 g/mol. The Morgan fingerprint density at radius 1 is 1.37 bits per heavy atom. The molecule has 2 aromatic rings. The number of hydrogen-bond acceptors (Lipinski definition) is 4. The molecule has 1 aromatic heterocycles. The van der Waals surface area contributed by atoms with Crippen molar-refractivity contribution >= 4 is 56.2 Å². The van der Waals surface area contributed by atoms with Gasteiger partial charge in [0, 0.05) is 15.5 Å². The second-order valence-corrected chi connectivity index (χ2v) is 6.49. The van der Waals surface area contributed by atoms with Gasteiger partial charge in [0.05, 0.1) is 17.8 Å². The van der Waals surface area contributed by atoms with Crippen LogP contribution in [-0.4, -0.2) is 16.7 Å². The number of nitrogens with zero attached hydrogens (tertiary/aromatic N) is 2. The first-order chi connectivity index (χ1) is 9.08. The number of Topliss-reactive ketones (excluding diaryl/α,β-unsaturated/α-hetero) is 1. The van der Waals surface area contributed by atoms with E-state index in [0.29, 0.717) is 22.3 Å². The van der Waals surface area contributed by atoms with E-state index < -0.39 is 11.7 Å². The number of para-hydroxylation sites is 1. The van der Waals surface area contributed by atoms with Crippen molar-refractivity contribution in [2.75, 3.05) is 4.90 Å². The number of thiazole rings is 1. The van der Waals surface area contributed by atoms with Crippen LogP contribution in [0.3, 0.4) is 0 Å². The second kappa shape index (κ2) is 4.70. The molecule has 0 saturated heterocycles. The maximum absolute atomic E-state index is 12.0. The average molecular weight is 358 g/mol. The fourth-order valence-corrected chi connectivity index (χ4v) is 3.52. The Morgan fingerprint density at radius 3 is 2.84 bits per heavy atom. The van der Waals surface area contributed by atoms with Crippen LogP contribution in [0.15, 0.2) is 28.9 Å². The monoisotopic (exact) mass is 356 g/mol. The lowest BCUT2D eigenvalue weighted by Crippen LogP contribution is -2.28. The van der Waals surface area contributed by atoms with Crippen LogP contribution in [0.2, 0.25) is 4.47 Å². The summed E-state index contributed by atoms with van der Waals surface area (Å²) in [4.78, 5) is 30.1. The molecule has 2 heterocycles. The highest BCUT2D eigenvalue weighted by molar-refractivity contribution is 9.10. The summed E-state index contributed by atoms with van der Waals surface area (Å²) >= 11 is 10.4. The molecular formula is C12H6BrClN2O2S. The summed E-state index contributed by atoms with van der Waals surface area (Å²) in [5.41, 5.74) is 1.04. The molecule has 0 aliphatic carbocycles. The van der Waals surface area contributed by atoms with Crippen LogP contribution in [0.25, 0.3) is 0 Å². The minimum absolute atomic E-state index is 0.296. The third-order valence-electron chi connectivity index (χ3n) is 2.78. The summed E-state index contributed by atoms with van der Waals surface area (Å²) < 4.78 is 1.14. The average Bonchev–Trinajstić information content (AvgIpc) is 2.89. The molecule has 0 N–H and O–H groups in total. The van der Waals surface area contributed by atoms with Crippen molar-refractivity contribution in [3.8, 4) is 0 Å². The lowest BCUT2D eigenvalue weighted by atomic mass is 10.1. The number of anilines is 1. The van der Waals surface area contributed by atoms with Gasteiger partial charge in [-0.25, -0.2) is 4.98 Å². The molecule has 0 spiro atoms. The second-order valence-electron chi connectivity index (χ2n) is 3.94. The third kappa shape index (κ3) is 2.09. The van der Waals surface area contributed by atoms with Crippen molar-refractivity contribution in [1.29, 1.82) is 0 Å². The standard InChI is InChI=1S/C12H6BrClN2O2S/c13-8-3-1-2-7-9(8)16(11(18)10(7)17)5-6-4-15-12(14)19-6/h1-4H,5H2. The minimum atomic E-state index is -0.522. The SMILES string of the molecule is O=C1C(=O)N(Cc2cnc(Cl)s2)c2c(Br)cccc21. The lowest BCUT2D eigenvalue weighted by molar-refractivity contribution is -0.114. The molecule has 0 radical (unpaired) electrons. The maximum atomic E-state index is 12.0. The van der Waals surface area contributed by atoms with E-state index in [1.807, 2.05) is 0 Å². The molecule has 0 fully saturated rings. The molecule has 0 bridgehead atoms. The number of aromatic nitrogens is 1. The van der Waals surface area contributed by atoms with Gasteiger partial charge in [-0.3, -0.25) is 14.5 Å². The molecule has 1 aromatic carbocycles. The van der Waals surface area contributed by atoms with Gasteiger partial charge in [0.15, 0.2) is 4.47 Å². The van der Waals surface area contributed by atoms with E-state index in [0.717, 1.165) is 9.35 Å². The Labute approximate surface area is 126 Å². The molecule has 0 unspecified atom stereocenters. The van der Waals surface area contributed by atoms with E-state index in [1.165, 1.54) is 16.2 Å². The largest absolute Gasteiger partial charge is 0.299 e. The van der Waals surface area contributed by atoms with Crippen LogP contribution in [0.5, 0.6) is 0 Å². The minimum Gasteiger partial charge on any atom is -0.298 e. The van der Waals surface area contributed by atoms with Crippen LogP contribution in [0.1, 0.15) is 15.2 Å². The Hall–Kier alpha value is -1.24. The van der Waals surface area contributed by atoms with E-state index in [4.69, 9.17) is 11.6 Å². The predicted molar refractivity (Wildman–Crippen MR) is 76.8 cm³/mol. The lowest BCUT2D eigenvalue weighted by Gasteiger charge is -2.16. The fourth-order valence-electron chi connectivity index (χ4n) is 1.98. The summed E-state index contributed by atoms with van der Waals surface area (Å²) in [6.45, 7) is 0.296. The molecule has 7 heteroatoms. The highest BCUT2D eigenvalue weighted by atomic mass is 79.9. The molecule has 3 rings (SSSR count). The van der Waals surface area contributed by atoms with E-state index in [9.17, 15) is 9.59 Å². The maximum Gasteiger partial charge on any atom is 0.299 e. The van der Waals surface area contributed by atoms with Gasteiger partial charge in [0.25, 0.3) is 11.7 Å². The highest BCUT2D eigenvalue weighted by Gasteiger charge is 2.37. The van der Waals surface area contributed by atoms with Gasteiger partial charge in [0.1, 0.15) is 0 Å². The first kappa shape index (κ1) is 12.8. The summed E-state index contributed by atoms with van der Waals surface area (Å²) in [7, 11) is 0. The number of fused-ring (bicyclic) bond motifs is 1. The number of hydrogen-bond donors (Lipinski definition) is 0. The van der Waals surface area contributed by atoms with Crippen LogP contribution in [0.4, 0.5) is 5.69 Å². The zero-order valence-corrected chi connectivity index (χ0v) is 12.6. The normalized spacial score (nSPS) is 14.1. The molecule has 1 aliphatic heterocycles. The van der Waals surface area contributed by atoms with Gasteiger partial charge < -0.3 is 0 Å². The summed E-state index contributed by atoms with van der Waals surface area (Å²) in [5, 5.41) is 0. The summed E-state index contributed by atoms with van der Waals surface area (Å²) in [6.07, 6.45) is 1.61. The van der Waals surface area contributed by atoms with Gasteiger partial charge >= 0.3 is 0 Å². The zero-order valence-electron chi connectivity index (χ0n) is 9.39. The first-order valence-electron chi connectivity index (χ1n) is 5.33. The molecule has 4 nitrogen and oxygen atoms in total. The van der Waals surface area contributed by atoms with Crippen molar-refractivity contribution in [2.24, 2.45) is 0 Å². The molecule has 1 aliphatic rings. The number of benzene rings is 1. The number of rotatable bonds is 2. The molecule has 1 amide bonds. The number of carbonyl (C=O) groups excluding carboxylic acids is 2. The van der Waals surface area contributed by atoms with E-state index >= 15 is 0 Å². The number of halogens is 2. The van der Waals surface area contributed by atoms with Crippen molar-refractivity contribution in [2.45, 2.75) is 6.54 Å². The van der Waals surface area contributed by atoms with E-state index in [1.54, 1.807) is 24.4 Å². The topological polar surface area (TPSA) is 50.3 Å². The van der Waals surface area contributed by atoms with Crippen LogP contribution in [-0.2, 0) is 11.3 Å². The zero-order chi connectivity index (χ0) is 13.6. The van der Waals surface area contributed by atoms with Crippen molar-refractivity contribution in [3.63, 3.8) is 0 Å². The van der Waals surface area contributed by atoms with E-state index in [2.05, 4.69) is 20.9 Å². The first-order valence-corrected chi connectivity index (χ1v) is 7.31. The Morgan fingerprint density at radius 2 is 2.16 bits per heavy atom. The Bertz CT molecular complexity index is 701. The summed E-state index contributed by atoms with van der Waals surface area (Å²) in [5.74, 6) is -1.00. The third-order valence-corrected chi connectivity index (χ3v) is 4.52. The fraction of sp³-hybridized carbons (Fsp3) is 0.0833. The molecule has 0 atom stereocenters. The van der Waals surface area contributed by atoms with Crippen LogP contribution < -0.4 is 4.90 Å². The van der Waals surface area contributed by atoms with Crippen LogP contribution >= 0.6 is 38.9 Å². The van der Waals surface area contributed by atoms with Crippen molar-refractivity contribution in [3.05, 3.63) is 43.8 Å². The van der Waals surface area contributed by atoms with Crippen LogP contribution in [0, 0.1) is 0 Å². The van der Waals surface area contributed by atoms with Gasteiger partial charge in [0.2, 0.25) is 0 Å². The highest BCUT2D eigenvalue weighted by Crippen LogP contribution is 2.37.